The third-order valence-corrected chi connectivity index (χ3v) is 2.68. The van der Waals surface area contributed by atoms with E-state index in [1.54, 1.807) is 0 Å². The van der Waals surface area contributed by atoms with Gasteiger partial charge in [0.2, 0.25) is 0 Å². The molecule has 0 aliphatic rings. The first kappa shape index (κ1) is 14.5. The van der Waals surface area contributed by atoms with Crippen molar-refractivity contribution in [3.8, 4) is 18.2 Å². The Kier molecular flexibility index (Phi) is 10.4. The van der Waals surface area contributed by atoms with Gasteiger partial charge in [-0.25, -0.2) is 0 Å². The van der Waals surface area contributed by atoms with Crippen molar-refractivity contribution in [1.82, 2.24) is 0 Å². The Bertz CT molecular complexity index is 255. The number of rotatable bonds is 9. The van der Waals surface area contributed by atoms with E-state index in [1.165, 1.54) is 0 Å². The summed E-state index contributed by atoms with van der Waals surface area (Å²) in [6, 6.07) is 6.48. The third-order valence-electron chi connectivity index (χ3n) is 2.68. The zero-order chi connectivity index (χ0) is 12.1. The van der Waals surface area contributed by atoms with Crippen LogP contribution in [-0.4, -0.2) is 0 Å². The van der Waals surface area contributed by atoms with Crippen LogP contribution in [0.15, 0.2) is 0 Å². The minimum Gasteiger partial charge on any atom is -0.198 e. The highest BCUT2D eigenvalue weighted by atomic mass is 14.3. The molecular formula is C13H19N3. The number of hydrogen-bond acceptors (Lipinski definition) is 3. The van der Waals surface area contributed by atoms with Crippen LogP contribution in [0.5, 0.6) is 0 Å². The van der Waals surface area contributed by atoms with Crippen molar-refractivity contribution in [1.29, 1.82) is 15.8 Å². The molecule has 3 nitrogen and oxygen atoms in total. The lowest BCUT2D eigenvalue weighted by atomic mass is 9.93. The lowest BCUT2D eigenvalue weighted by molar-refractivity contribution is 0.421. The van der Waals surface area contributed by atoms with E-state index >= 15 is 0 Å². The maximum Gasteiger partial charge on any atom is 0.0624 e. The van der Waals surface area contributed by atoms with Crippen molar-refractivity contribution < 1.29 is 0 Å². The molecule has 0 N–H and O–H groups in total. The van der Waals surface area contributed by atoms with Gasteiger partial charge in [-0.1, -0.05) is 12.8 Å². The number of unbranched alkanes of at least 4 members (excludes halogenated alkanes) is 4. The molecule has 0 fully saturated rings. The lowest BCUT2D eigenvalue weighted by Crippen LogP contribution is -1.99. The zero-order valence-electron chi connectivity index (χ0n) is 9.78. The minimum absolute atomic E-state index is 0.461. The van der Waals surface area contributed by atoms with Crippen LogP contribution >= 0.6 is 0 Å². The van der Waals surface area contributed by atoms with Crippen molar-refractivity contribution in [2.24, 2.45) is 5.92 Å². The van der Waals surface area contributed by atoms with E-state index in [1.807, 2.05) is 0 Å². The zero-order valence-corrected chi connectivity index (χ0v) is 9.78. The second-order valence-corrected chi connectivity index (χ2v) is 4.04. The Balaban J connectivity index is 3.60. The summed E-state index contributed by atoms with van der Waals surface area (Å²) >= 11 is 0. The summed E-state index contributed by atoms with van der Waals surface area (Å²) in [6.45, 7) is 0. The minimum atomic E-state index is 0.461. The van der Waals surface area contributed by atoms with Crippen LogP contribution in [-0.2, 0) is 0 Å². The predicted molar refractivity (Wildman–Crippen MR) is 61.9 cm³/mol. The topological polar surface area (TPSA) is 71.4 Å². The molecule has 0 spiro atoms. The molecule has 0 aromatic carbocycles. The van der Waals surface area contributed by atoms with Crippen molar-refractivity contribution >= 4 is 0 Å². The third kappa shape index (κ3) is 9.04. The van der Waals surface area contributed by atoms with Gasteiger partial charge >= 0.3 is 0 Å². The fourth-order valence-electron chi connectivity index (χ4n) is 1.75. The van der Waals surface area contributed by atoms with Crippen molar-refractivity contribution in [3.63, 3.8) is 0 Å². The molecule has 0 aromatic heterocycles. The van der Waals surface area contributed by atoms with E-state index in [9.17, 15) is 0 Å². The fraction of sp³-hybridized carbons (Fsp3) is 0.769. The summed E-state index contributed by atoms with van der Waals surface area (Å²) in [7, 11) is 0. The van der Waals surface area contributed by atoms with Crippen LogP contribution in [0.1, 0.15) is 57.8 Å². The van der Waals surface area contributed by atoms with Gasteiger partial charge in [0.25, 0.3) is 0 Å². The van der Waals surface area contributed by atoms with Crippen LogP contribution in [0.25, 0.3) is 0 Å². The predicted octanol–water partition coefficient (Wildman–Crippen LogP) is 3.68. The van der Waals surface area contributed by atoms with E-state index < -0.39 is 0 Å². The molecule has 0 saturated carbocycles. The maximum atomic E-state index is 8.69. The fourth-order valence-corrected chi connectivity index (χ4v) is 1.75. The highest BCUT2D eigenvalue weighted by molar-refractivity contribution is 4.77. The molecule has 0 aliphatic carbocycles. The van der Waals surface area contributed by atoms with E-state index in [0.29, 0.717) is 25.2 Å². The Morgan fingerprint density at radius 2 is 1.19 bits per heavy atom. The summed E-state index contributed by atoms with van der Waals surface area (Å²) in [6.07, 6.45) is 7.90. The Hall–Kier alpha value is -1.53. The molecule has 0 radical (unpaired) electrons. The van der Waals surface area contributed by atoms with Gasteiger partial charge in [-0.05, 0) is 31.6 Å². The van der Waals surface area contributed by atoms with E-state index in [0.717, 1.165) is 38.5 Å². The van der Waals surface area contributed by atoms with Crippen molar-refractivity contribution in [2.75, 3.05) is 0 Å². The van der Waals surface area contributed by atoms with E-state index in [4.69, 9.17) is 15.8 Å². The summed E-state index contributed by atoms with van der Waals surface area (Å²) in [5, 5.41) is 25.5. The average Bonchev–Trinajstić information content (AvgIpc) is 2.30. The van der Waals surface area contributed by atoms with Crippen LogP contribution in [0.3, 0.4) is 0 Å². The van der Waals surface area contributed by atoms with Gasteiger partial charge in [-0.3, -0.25) is 0 Å². The van der Waals surface area contributed by atoms with Gasteiger partial charge in [0.1, 0.15) is 0 Å². The van der Waals surface area contributed by atoms with Crippen LogP contribution in [0, 0.1) is 39.9 Å². The van der Waals surface area contributed by atoms with Gasteiger partial charge in [-0.2, -0.15) is 15.8 Å². The highest BCUT2D eigenvalue weighted by Crippen LogP contribution is 2.20. The first-order valence-corrected chi connectivity index (χ1v) is 5.96. The molecule has 0 aliphatic heterocycles. The van der Waals surface area contributed by atoms with E-state index in [-0.39, 0.29) is 0 Å². The molecule has 3 heteroatoms. The Morgan fingerprint density at radius 1 is 0.688 bits per heavy atom. The second-order valence-electron chi connectivity index (χ2n) is 4.04. The Morgan fingerprint density at radius 3 is 1.56 bits per heavy atom. The van der Waals surface area contributed by atoms with Gasteiger partial charge in [0.15, 0.2) is 0 Å². The SMILES string of the molecule is N#CCCCCC(CC#N)CCCCC#N. The van der Waals surface area contributed by atoms with Gasteiger partial charge in [0.05, 0.1) is 18.2 Å². The van der Waals surface area contributed by atoms with Crippen molar-refractivity contribution in [2.45, 2.75) is 57.8 Å². The summed E-state index contributed by atoms with van der Waals surface area (Å²) in [4.78, 5) is 0. The Labute approximate surface area is 98.3 Å². The standard InChI is InChI=1S/C13H19N3/c14-10-5-1-3-7-13(9-12-16)8-4-2-6-11-15/h13H,1-9H2. The lowest BCUT2D eigenvalue weighted by Gasteiger charge is -2.12. The van der Waals surface area contributed by atoms with Crippen LogP contribution in [0.2, 0.25) is 0 Å². The molecule has 0 amide bonds. The molecule has 16 heavy (non-hydrogen) atoms. The molecule has 0 atom stereocenters. The maximum absolute atomic E-state index is 8.69. The largest absolute Gasteiger partial charge is 0.198 e. The van der Waals surface area contributed by atoms with Crippen molar-refractivity contribution in [3.05, 3.63) is 0 Å². The van der Waals surface area contributed by atoms with Gasteiger partial charge in [0, 0.05) is 19.3 Å². The highest BCUT2D eigenvalue weighted by Gasteiger charge is 2.07. The second kappa shape index (κ2) is 11.5. The van der Waals surface area contributed by atoms with Crippen LogP contribution < -0.4 is 0 Å². The molecular weight excluding hydrogens is 198 g/mol. The number of hydrogen-bond donors (Lipinski definition) is 0. The summed E-state index contributed by atoms with van der Waals surface area (Å²) < 4.78 is 0. The molecule has 0 heterocycles. The molecule has 0 unspecified atom stereocenters. The summed E-state index contributed by atoms with van der Waals surface area (Å²) in [5.41, 5.74) is 0. The summed E-state index contributed by atoms with van der Waals surface area (Å²) in [5.74, 6) is 0.461. The molecule has 0 aromatic rings. The normalized spacial score (nSPS) is 9.38. The first-order chi connectivity index (χ1) is 7.85. The first-order valence-electron chi connectivity index (χ1n) is 5.96. The van der Waals surface area contributed by atoms with E-state index in [2.05, 4.69) is 18.2 Å². The average molecular weight is 217 g/mol. The molecule has 0 bridgehead atoms. The molecule has 86 valence electrons. The monoisotopic (exact) mass is 217 g/mol. The van der Waals surface area contributed by atoms with Gasteiger partial charge in [-0.15, -0.1) is 0 Å². The quantitative estimate of drug-likeness (QED) is 0.553. The number of nitrogens with zero attached hydrogens (tertiary/aromatic N) is 3. The van der Waals surface area contributed by atoms with Crippen LogP contribution in [0.4, 0.5) is 0 Å². The number of nitriles is 3. The molecule has 0 rings (SSSR count). The van der Waals surface area contributed by atoms with Gasteiger partial charge < -0.3 is 0 Å². The molecule has 0 saturated heterocycles. The smallest absolute Gasteiger partial charge is 0.0624 e.